The number of fused-ring (bicyclic) bond motifs is 1. The van der Waals surface area contributed by atoms with Gasteiger partial charge in [-0.05, 0) is 42.1 Å². The Morgan fingerprint density at radius 2 is 1.86 bits per heavy atom. The molecule has 0 saturated carbocycles. The molecule has 0 saturated heterocycles. The predicted octanol–water partition coefficient (Wildman–Crippen LogP) is 2.77. The molecule has 3 rings (SSSR count). The number of nitrogens with zero attached hydrogens (tertiary/aromatic N) is 4. The summed E-state index contributed by atoms with van der Waals surface area (Å²) in [4.78, 5) is 10.7. The third-order valence-corrected chi connectivity index (χ3v) is 4.10. The van der Waals surface area contributed by atoms with Gasteiger partial charge in [0.25, 0.3) is 0 Å². The Morgan fingerprint density at radius 3 is 2.52 bits per heavy atom. The van der Waals surface area contributed by atoms with Gasteiger partial charge in [-0.1, -0.05) is 18.2 Å². The van der Waals surface area contributed by atoms with Crippen LogP contribution in [0.5, 0.6) is 0 Å². The summed E-state index contributed by atoms with van der Waals surface area (Å²) in [5.41, 5.74) is 2.38. The fourth-order valence-corrected chi connectivity index (χ4v) is 2.74. The van der Waals surface area contributed by atoms with Gasteiger partial charge in [0.2, 0.25) is 0 Å². The summed E-state index contributed by atoms with van der Waals surface area (Å²) < 4.78 is 0. The van der Waals surface area contributed by atoms with E-state index in [0.29, 0.717) is 5.11 Å². The summed E-state index contributed by atoms with van der Waals surface area (Å²) in [6.07, 6.45) is 8.07. The molecule has 0 fully saturated rings. The largest absolute Gasteiger partial charge is 0.378 e. The Kier molecular flexibility index (Phi) is 3.51. The summed E-state index contributed by atoms with van der Waals surface area (Å²) in [7, 11) is 6.07. The van der Waals surface area contributed by atoms with E-state index in [9.17, 15) is 0 Å². The van der Waals surface area contributed by atoms with E-state index in [1.807, 2.05) is 50.5 Å². The Balaban J connectivity index is 1.99. The molecule has 5 heteroatoms. The molecular formula is C16H18N4S. The van der Waals surface area contributed by atoms with E-state index in [1.54, 1.807) is 0 Å². The van der Waals surface area contributed by atoms with Gasteiger partial charge in [0.05, 0.1) is 0 Å². The summed E-state index contributed by atoms with van der Waals surface area (Å²) in [6, 6.07) is 8.55. The van der Waals surface area contributed by atoms with Gasteiger partial charge >= 0.3 is 0 Å². The van der Waals surface area contributed by atoms with Crippen molar-refractivity contribution in [2.45, 2.75) is 6.17 Å². The summed E-state index contributed by atoms with van der Waals surface area (Å²) in [5, 5.41) is 0.614. The smallest absolute Gasteiger partial charge is 0.199 e. The third-order valence-electron chi connectivity index (χ3n) is 3.72. The molecule has 0 N–H and O–H groups in total. The second-order valence-electron chi connectivity index (χ2n) is 5.33. The van der Waals surface area contributed by atoms with E-state index in [2.05, 4.69) is 39.1 Å². The minimum Gasteiger partial charge on any atom is -0.378 e. The Bertz CT molecular complexity index is 643. The van der Waals surface area contributed by atoms with Crippen LogP contribution in [0.3, 0.4) is 0 Å². The summed E-state index contributed by atoms with van der Waals surface area (Å²) in [6.45, 7) is 0. The minimum absolute atomic E-state index is 0.0439. The van der Waals surface area contributed by atoms with Gasteiger partial charge in [0.1, 0.15) is 12.0 Å². The number of hydrogen-bond donors (Lipinski definition) is 0. The average molecular weight is 298 g/mol. The van der Waals surface area contributed by atoms with Crippen LogP contribution in [-0.4, -0.2) is 41.9 Å². The standard InChI is InChI=1S/C16H18N4S/c1-18(2)13-9-7-12(8-10-13)15-19(3)16(21)17-14-6-4-5-11-20(14)15/h4-11,15H,1-3H3. The molecule has 1 unspecified atom stereocenters. The van der Waals surface area contributed by atoms with Crippen molar-refractivity contribution in [2.75, 3.05) is 26.0 Å². The molecule has 2 aliphatic heterocycles. The van der Waals surface area contributed by atoms with Crippen molar-refractivity contribution in [1.82, 2.24) is 9.80 Å². The number of hydrogen-bond acceptors (Lipinski definition) is 3. The lowest BCUT2D eigenvalue weighted by atomic mass is 10.1. The molecule has 21 heavy (non-hydrogen) atoms. The molecule has 0 amide bonds. The Hall–Kier alpha value is -2.14. The molecule has 2 aliphatic rings. The number of anilines is 1. The SMILES string of the molecule is CN(C)c1ccc(C2N(C)C(=S)N=C3C=CC=CN32)cc1. The van der Waals surface area contributed by atoms with Crippen LogP contribution in [0, 0.1) is 0 Å². The fourth-order valence-electron chi connectivity index (χ4n) is 2.55. The maximum Gasteiger partial charge on any atom is 0.199 e. The van der Waals surface area contributed by atoms with Crippen molar-refractivity contribution < 1.29 is 0 Å². The van der Waals surface area contributed by atoms with Crippen LogP contribution in [-0.2, 0) is 0 Å². The van der Waals surface area contributed by atoms with Crippen molar-refractivity contribution in [3.63, 3.8) is 0 Å². The monoisotopic (exact) mass is 298 g/mol. The Morgan fingerprint density at radius 1 is 1.14 bits per heavy atom. The maximum absolute atomic E-state index is 5.39. The van der Waals surface area contributed by atoms with E-state index >= 15 is 0 Å². The van der Waals surface area contributed by atoms with E-state index in [1.165, 1.54) is 11.3 Å². The number of aliphatic imine (C=N–C) groups is 1. The lowest BCUT2D eigenvalue weighted by Gasteiger charge is -2.41. The van der Waals surface area contributed by atoms with Crippen LogP contribution in [0.25, 0.3) is 0 Å². The Labute approximate surface area is 130 Å². The summed E-state index contributed by atoms with van der Waals surface area (Å²) in [5.74, 6) is 0.891. The zero-order chi connectivity index (χ0) is 15.0. The number of allylic oxidation sites excluding steroid dienone is 2. The van der Waals surface area contributed by atoms with Crippen LogP contribution in [0.15, 0.2) is 53.7 Å². The highest BCUT2D eigenvalue weighted by molar-refractivity contribution is 7.80. The zero-order valence-electron chi connectivity index (χ0n) is 12.4. The van der Waals surface area contributed by atoms with Crippen molar-refractivity contribution in [3.8, 4) is 0 Å². The maximum atomic E-state index is 5.39. The molecule has 0 radical (unpaired) electrons. The first-order valence-corrected chi connectivity index (χ1v) is 7.25. The second-order valence-corrected chi connectivity index (χ2v) is 5.70. The van der Waals surface area contributed by atoms with E-state index in [-0.39, 0.29) is 6.17 Å². The molecule has 108 valence electrons. The third kappa shape index (κ3) is 2.45. The zero-order valence-corrected chi connectivity index (χ0v) is 13.2. The number of benzene rings is 1. The number of amidine groups is 1. The fraction of sp³-hybridized carbons (Fsp3) is 0.250. The lowest BCUT2D eigenvalue weighted by Crippen LogP contribution is -2.46. The van der Waals surface area contributed by atoms with Gasteiger partial charge in [-0.15, -0.1) is 0 Å². The van der Waals surface area contributed by atoms with Gasteiger partial charge in [-0.25, -0.2) is 4.99 Å². The highest BCUT2D eigenvalue weighted by atomic mass is 32.1. The normalized spacial score (nSPS) is 20.4. The van der Waals surface area contributed by atoms with E-state index < -0.39 is 0 Å². The van der Waals surface area contributed by atoms with Gasteiger partial charge in [-0.2, -0.15) is 0 Å². The average Bonchev–Trinajstić information content (AvgIpc) is 2.49. The van der Waals surface area contributed by atoms with Crippen LogP contribution in [0.4, 0.5) is 5.69 Å². The number of thiocarbonyl (C=S) groups is 1. The summed E-state index contributed by atoms with van der Waals surface area (Å²) >= 11 is 5.39. The van der Waals surface area contributed by atoms with Crippen molar-refractivity contribution in [2.24, 2.45) is 4.99 Å². The highest BCUT2D eigenvalue weighted by Gasteiger charge is 2.31. The van der Waals surface area contributed by atoms with Crippen molar-refractivity contribution in [3.05, 3.63) is 54.3 Å². The first-order valence-electron chi connectivity index (χ1n) is 6.84. The quantitative estimate of drug-likeness (QED) is 0.783. The molecule has 2 heterocycles. The van der Waals surface area contributed by atoms with Crippen molar-refractivity contribution >= 4 is 28.9 Å². The first kappa shape index (κ1) is 13.8. The van der Waals surface area contributed by atoms with Gasteiger partial charge in [0.15, 0.2) is 5.11 Å². The predicted molar refractivity (Wildman–Crippen MR) is 91.4 cm³/mol. The molecule has 1 aromatic rings. The van der Waals surface area contributed by atoms with Crippen LogP contribution < -0.4 is 4.90 Å². The highest BCUT2D eigenvalue weighted by Crippen LogP contribution is 2.31. The molecule has 0 bridgehead atoms. The first-order chi connectivity index (χ1) is 10.1. The van der Waals surface area contributed by atoms with Gasteiger partial charge in [-0.3, -0.25) is 0 Å². The van der Waals surface area contributed by atoms with Gasteiger partial charge in [0, 0.05) is 33.0 Å². The molecule has 0 spiro atoms. The van der Waals surface area contributed by atoms with Crippen LogP contribution in [0.1, 0.15) is 11.7 Å². The number of rotatable bonds is 2. The minimum atomic E-state index is 0.0439. The topological polar surface area (TPSA) is 22.1 Å². The van der Waals surface area contributed by atoms with E-state index in [4.69, 9.17) is 12.2 Å². The molecule has 0 aromatic heterocycles. The molecule has 1 aromatic carbocycles. The second kappa shape index (κ2) is 5.33. The lowest BCUT2D eigenvalue weighted by molar-refractivity contribution is 0.226. The van der Waals surface area contributed by atoms with Crippen molar-refractivity contribution in [1.29, 1.82) is 0 Å². The van der Waals surface area contributed by atoms with Crippen LogP contribution in [0.2, 0.25) is 0 Å². The molecule has 4 nitrogen and oxygen atoms in total. The van der Waals surface area contributed by atoms with Gasteiger partial charge < -0.3 is 14.7 Å². The molecular weight excluding hydrogens is 280 g/mol. The molecule has 1 atom stereocenters. The van der Waals surface area contributed by atoms with E-state index in [0.717, 1.165) is 5.84 Å². The molecule has 0 aliphatic carbocycles. The van der Waals surface area contributed by atoms with Crippen LogP contribution >= 0.6 is 12.2 Å².